The largest absolute Gasteiger partial charge is 0.478 e. The Balaban J connectivity index is 1.96. The number of nitrogens with zero attached hydrogens (tertiary/aromatic N) is 1. The van der Waals surface area contributed by atoms with Crippen molar-refractivity contribution in [1.82, 2.24) is 5.32 Å². The fraction of sp³-hybridized carbons (Fsp3) is 0.562. The summed E-state index contributed by atoms with van der Waals surface area (Å²) in [5, 5.41) is 12.3. The predicted molar refractivity (Wildman–Crippen MR) is 75.9 cm³/mol. The van der Waals surface area contributed by atoms with Gasteiger partial charge in [-0.1, -0.05) is 37.5 Å². The van der Waals surface area contributed by atoms with Crippen LogP contribution in [-0.4, -0.2) is 12.1 Å². The minimum absolute atomic E-state index is 0.105. The van der Waals surface area contributed by atoms with Gasteiger partial charge in [0.1, 0.15) is 11.8 Å². The number of ether oxygens (including phenoxy) is 1. The molecule has 0 aliphatic heterocycles. The van der Waals surface area contributed by atoms with Gasteiger partial charge in [0, 0.05) is 17.6 Å². The molecule has 102 valence electrons. The van der Waals surface area contributed by atoms with Crippen molar-refractivity contribution in [3.05, 3.63) is 29.8 Å². The quantitative estimate of drug-likeness (QED) is 0.880. The van der Waals surface area contributed by atoms with Crippen LogP contribution in [0.15, 0.2) is 24.3 Å². The third-order valence-electron chi connectivity index (χ3n) is 3.93. The van der Waals surface area contributed by atoms with Gasteiger partial charge >= 0.3 is 0 Å². The van der Waals surface area contributed by atoms with E-state index in [0.717, 1.165) is 17.9 Å². The Hall–Kier alpha value is -1.53. The highest BCUT2D eigenvalue weighted by Gasteiger charge is 2.25. The normalized spacial score (nSPS) is 17.7. The van der Waals surface area contributed by atoms with E-state index in [4.69, 9.17) is 10.00 Å². The van der Waals surface area contributed by atoms with Crippen LogP contribution in [0.5, 0.6) is 5.75 Å². The van der Waals surface area contributed by atoms with Crippen LogP contribution in [0.1, 0.15) is 44.6 Å². The van der Waals surface area contributed by atoms with E-state index in [0.29, 0.717) is 0 Å². The number of hydrogen-bond donors (Lipinski definition) is 1. The highest BCUT2D eigenvalue weighted by Crippen LogP contribution is 2.28. The summed E-state index contributed by atoms with van der Waals surface area (Å²) < 4.78 is 5.46. The first-order chi connectivity index (χ1) is 9.23. The van der Waals surface area contributed by atoms with Crippen LogP contribution in [0.2, 0.25) is 0 Å². The topological polar surface area (TPSA) is 45.0 Å². The number of benzene rings is 1. The van der Waals surface area contributed by atoms with E-state index in [1.165, 1.54) is 32.1 Å². The monoisotopic (exact) mass is 258 g/mol. The molecule has 19 heavy (non-hydrogen) atoms. The van der Waals surface area contributed by atoms with Gasteiger partial charge in [-0.2, -0.15) is 5.26 Å². The zero-order valence-electron chi connectivity index (χ0n) is 11.6. The Bertz CT molecular complexity index is 444. The van der Waals surface area contributed by atoms with Crippen LogP contribution in [0.4, 0.5) is 0 Å². The van der Waals surface area contributed by atoms with Crippen molar-refractivity contribution in [3.63, 3.8) is 0 Å². The standard InChI is InChI=1S/C16H22N2O/c1-16(9-5-2-6-10-16)18-13-14-7-3-4-8-15(14)19-12-11-17/h3-4,7-8,18H,2,5-6,9-10,12-13H2,1H3. The number of nitriles is 1. The second-order valence-electron chi connectivity index (χ2n) is 5.53. The molecule has 0 radical (unpaired) electrons. The van der Waals surface area contributed by atoms with Crippen molar-refractivity contribution in [3.8, 4) is 11.8 Å². The van der Waals surface area contributed by atoms with Gasteiger partial charge in [-0.3, -0.25) is 0 Å². The molecule has 1 aliphatic rings. The van der Waals surface area contributed by atoms with Crippen LogP contribution < -0.4 is 10.1 Å². The SMILES string of the molecule is CC1(NCc2ccccc2OCC#N)CCCCC1. The molecule has 1 aromatic carbocycles. The van der Waals surface area contributed by atoms with Crippen molar-refractivity contribution in [2.45, 2.75) is 51.1 Å². The fourth-order valence-electron chi connectivity index (χ4n) is 2.72. The molecular formula is C16H22N2O. The van der Waals surface area contributed by atoms with E-state index in [2.05, 4.69) is 18.3 Å². The summed E-state index contributed by atoms with van der Waals surface area (Å²) in [6, 6.07) is 9.96. The minimum atomic E-state index is 0.105. The van der Waals surface area contributed by atoms with Crippen LogP contribution in [-0.2, 0) is 6.54 Å². The van der Waals surface area contributed by atoms with E-state index in [1.807, 2.05) is 24.3 Å². The lowest BCUT2D eigenvalue weighted by Gasteiger charge is -2.35. The molecule has 0 heterocycles. The van der Waals surface area contributed by atoms with Crippen LogP contribution >= 0.6 is 0 Å². The van der Waals surface area contributed by atoms with Crippen molar-refractivity contribution in [2.24, 2.45) is 0 Å². The fourth-order valence-corrected chi connectivity index (χ4v) is 2.72. The Kier molecular flexibility index (Phi) is 4.81. The summed E-state index contributed by atoms with van der Waals surface area (Å²) in [6.45, 7) is 3.22. The molecule has 1 aliphatic carbocycles. The summed E-state index contributed by atoms with van der Waals surface area (Å²) >= 11 is 0. The van der Waals surface area contributed by atoms with E-state index in [-0.39, 0.29) is 12.1 Å². The van der Waals surface area contributed by atoms with Crippen molar-refractivity contribution < 1.29 is 4.74 Å². The highest BCUT2D eigenvalue weighted by molar-refractivity contribution is 5.33. The molecule has 0 aromatic heterocycles. The molecule has 1 N–H and O–H groups in total. The molecule has 0 saturated heterocycles. The summed E-state index contributed by atoms with van der Waals surface area (Å²) in [5.41, 5.74) is 1.38. The predicted octanol–water partition coefficient (Wildman–Crippen LogP) is 3.40. The molecule has 1 fully saturated rings. The van der Waals surface area contributed by atoms with Gasteiger partial charge in [0.15, 0.2) is 6.61 Å². The maximum atomic E-state index is 8.60. The molecule has 3 heteroatoms. The molecule has 0 bridgehead atoms. The zero-order chi connectivity index (χ0) is 13.6. The van der Waals surface area contributed by atoms with Crippen molar-refractivity contribution in [2.75, 3.05) is 6.61 Å². The Labute approximate surface area is 115 Å². The first kappa shape index (κ1) is 13.9. The van der Waals surface area contributed by atoms with Crippen LogP contribution in [0, 0.1) is 11.3 Å². The summed E-state index contributed by atoms with van der Waals surface area (Å²) in [6.07, 6.45) is 6.48. The molecule has 3 nitrogen and oxygen atoms in total. The first-order valence-corrected chi connectivity index (χ1v) is 7.06. The smallest absolute Gasteiger partial charge is 0.174 e. The summed E-state index contributed by atoms with van der Waals surface area (Å²) in [4.78, 5) is 0. The maximum Gasteiger partial charge on any atom is 0.174 e. The number of rotatable bonds is 5. The molecule has 1 aromatic rings. The highest BCUT2D eigenvalue weighted by atomic mass is 16.5. The van der Waals surface area contributed by atoms with E-state index in [1.54, 1.807) is 0 Å². The van der Waals surface area contributed by atoms with Crippen LogP contribution in [0.25, 0.3) is 0 Å². The van der Waals surface area contributed by atoms with Gasteiger partial charge in [0.2, 0.25) is 0 Å². The van der Waals surface area contributed by atoms with Crippen LogP contribution in [0.3, 0.4) is 0 Å². The van der Waals surface area contributed by atoms with Gasteiger partial charge in [-0.15, -0.1) is 0 Å². The lowest BCUT2D eigenvalue weighted by atomic mass is 9.83. The number of hydrogen-bond acceptors (Lipinski definition) is 3. The Morgan fingerprint density at radius 2 is 2.00 bits per heavy atom. The van der Waals surface area contributed by atoms with Gasteiger partial charge in [0.05, 0.1) is 0 Å². The number of para-hydroxylation sites is 1. The van der Waals surface area contributed by atoms with E-state index < -0.39 is 0 Å². The van der Waals surface area contributed by atoms with E-state index in [9.17, 15) is 0 Å². The minimum Gasteiger partial charge on any atom is -0.478 e. The molecule has 0 atom stereocenters. The maximum absolute atomic E-state index is 8.60. The lowest BCUT2D eigenvalue weighted by Crippen LogP contribution is -2.43. The second kappa shape index (κ2) is 6.58. The third kappa shape index (κ3) is 3.97. The molecular weight excluding hydrogens is 236 g/mol. The molecule has 1 saturated carbocycles. The first-order valence-electron chi connectivity index (χ1n) is 7.06. The van der Waals surface area contributed by atoms with Gasteiger partial charge in [0.25, 0.3) is 0 Å². The molecule has 0 spiro atoms. The Morgan fingerprint density at radius 3 is 2.74 bits per heavy atom. The average Bonchev–Trinajstić information content (AvgIpc) is 2.45. The molecule has 2 rings (SSSR count). The number of nitrogens with one attached hydrogen (secondary N) is 1. The zero-order valence-corrected chi connectivity index (χ0v) is 11.6. The summed E-state index contributed by atoms with van der Waals surface area (Å²) in [5.74, 6) is 0.816. The van der Waals surface area contributed by atoms with Gasteiger partial charge < -0.3 is 10.1 Å². The second-order valence-corrected chi connectivity index (χ2v) is 5.53. The summed E-state index contributed by atoms with van der Waals surface area (Å²) in [7, 11) is 0. The van der Waals surface area contributed by atoms with Crippen molar-refractivity contribution >= 4 is 0 Å². The average molecular weight is 258 g/mol. The van der Waals surface area contributed by atoms with E-state index >= 15 is 0 Å². The third-order valence-corrected chi connectivity index (χ3v) is 3.93. The molecule has 0 amide bonds. The van der Waals surface area contributed by atoms with Crippen molar-refractivity contribution in [1.29, 1.82) is 5.26 Å². The van der Waals surface area contributed by atoms with Gasteiger partial charge in [-0.25, -0.2) is 0 Å². The molecule has 0 unspecified atom stereocenters. The van der Waals surface area contributed by atoms with Gasteiger partial charge in [-0.05, 0) is 25.8 Å². The Morgan fingerprint density at radius 1 is 1.26 bits per heavy atom. The lowest BCUT2D eigenvalue weighted by molar-refractivity contribution is 0.250.